The van der Waals surface area contributed by atoms with Crippen LogP contribution in [0.5, 0.6) is 0 Å². The van der Waals surface area contributed by atoms with Crippen molar-refractivity contribution in [3.8, 4) is 0 Å². The number of fused-ring (bicyclic) bond motifs is 1. The largest absolute Gasteiger partial charge is 0.250 e. The van der Waals surface area contributed by atoms with E-state index in [0.29, 0.717) is 5.92 Å². The summed E-state index contributed by atoms with van der Waals surface area (Å²) in [5, 5.41) is 4.71. The Hall–Kier alpha value is -0.510. The Labute approximate surface area is 101 Å². The number of hydrogen-bond donors (Lipinski definition) is 0. The summed E-state index contributed by atoms with van der Waals surface area (Å²) in [6, 6.07) is 0. The normalized spacial score (nSPS) is 26.7. The van der Waals surface area contributed by atoms with E-state index >= 15 is 0 Å². The predicted molar refractivity (Wildman–Crippen MR) is 66.8 cm³/mol. The van der Waals surface area contributed by atoms with Gasteiger partial charge in [0.25, 0.3) is 0 Å². The molecule has 0 saturated carbocycles. The minimum atomic E-state index is 0.634. The molecule has 0 amide bonds. The zero-order valence-corrected chi connectivity index (χ0v) is 10.7. The lowest BCUT2D eigenvalue weighted by molar-refractivity contribution is 0.384. The number of rotatable bonds is 1. The second-order valence-corrected chi connectivity index (χ2v) is 6.32. The van der Waals surface area contributed by atoms with Gasteiger partial charge in [-0.05, 0) is 36.7 Å². The number of thioether (sulfide) groups is 1. The van der Waals surface area contributed by atoms with Crippen LogP contribution in [0.15, 0.2) is 0 Å². The summed E-state index contributed by atoms with van der Waals surface area (Å²) < 4.78 is 2.15. The first-order chi connectivity index (χ1) is 7.83. The summed E-state index contributed by atoms with van der Waals surface area (Å²) in [5.41, 5.74) is 0. The van der Waals surface area contributed by atoms with Crippen LogP contribution in [-0.2, 0) is 13.0 Å². The maximum Gasteiger partial charge on any atom is 0.154 e. The van der Waals surface area contributed by atoms with Crippen molar-refractivity contribution in [3.63, 3.8) is 0 Å². The molecule has 0 radical (unpaired) electrons. The lowest BCUT2D eigenvalue weighted by atomic mass is 10.0. The van der Waals surface area contributed by atoms with Crippen molar-refractivity contribution in [2.45, 2.75) is 45.1 Å². The van der Waals surface area contributed by atoms with E-state index in [-0.39, 0.29) is 0 Å². The molecule has 2 aliphatic heterocycles. The molecule has 1 saturated heterocycles. The van der Waals surface area contributed by atoms with Crippen LogP contribution in [0.2, 0.25) is 0 Å². The number of hydrogen-bond acceptors (Lipinski definition) is 3. The molecule has 0 spiro atoms. The Balaban J connectivity index is 1.80. The fourth-order valence-electron chi connectivity index (χ4n) is 2.61. The van der Waals surface area contributed by atoms with E-state index in [1.807, 2.05) is 0 Å². The lowest BCUT2D eigenvalue weighted by Gasteiger charge is -2.18. The first-order valence-electron chi connectivity index (χ1n) is 6.34. The van der Waals surface area contributed by atoms with Gasteiger partial charge in [-0.15, -0.1) is 0 Å². The van der Waals surface area contributed by atoms with E-state index < -0.39 is 0 Å². The van der Waals surface area contributed by atoms with Gasteiger partial charge in [-0.25, -0.2) is 9.67 Å². The lowest BCUT2D eigenvalue weighted by Crippen LogP contribution is -2.18. The molecule has 0 N–H and O–H groups in total. The zero-order chi connectivity index (χ0) is 11.0. The molecule has 1 unspecified atom stereocenters. The molecule has 1 fully saturated rings. The first-order valence-corrected chi connectivity index (χ1v) is 7.50. The maximum absolute atomic E-state index is 4.77. The van der Waals surface area contributed by atoms with Crippen molar-refractivity contribution in [1.82, 2.24) is 14.8 Å². The number of aryl methyl sites for hydroxylation is 1. The van der Waals surface area contributed by atoms with Gasteiger partial charge in [0.1, 0.15) is 5.82 Å². The average Bonchev–Trinajstić information content (AvgIpc) is 2.73. The van der Waals surface area contributed by atoms with Gasteiger partial charge in [0.15, 0.2) is 5.82 Å². The topological polar surface area (TPSA) is 30.7 Å². The highest BCUT2D eigenvalue weighted by Crippen LogP contribution is 2.30. The molecule has 1 aromatic heterocycles. The van der Waals surface area contributed by atoms with Crippen LogP contribution in [0.4, 0.5) is 0 Å². The van der Waals surface area contributed by atoms with E-state index in [2.05, 4.69) is 23.4 Å². The molecule has 16 heavy (non-hydrogen) atoms. The van der Waals surface area contributed by atoms with Crippen molar-refractivity contribution in [2.75, 3.05) is 11.5 Å². The van der Waals surface area contributed by atoms with Crippen LogP contribution in [0.1, 0.15) is 43.8 Å². The molecular weight excluding hydrogens is 218 g/mol. The third kappa shape index (κ3) is 1.99. The fourth-order valence-corrected chi connectivity index (χ4v) is 3.72. The molecule has 3 rings (SSSR count). The van der Waals surface area contributed by atoms with E-state index in [1.54, 1.807) is 0 Å². The molecule has 3 nitrogen and oxygen atoms in total. The summed E-state index contributed by atoms with van der Waals surface area (Å²) >= 11 is 2.07. The van der Waals surface area contributed by atoms with Crippen molar-refractivity contribution in [3.05, 3.63) is 11.6 Å². The summed E-state index contributed by atoms with van der Waals surface area (Å²) in [4.78, 5) is 4.77. The molecule has 0 aliphatic carbocycles. The van der Waals surface area contributed by atoms with Gasteiger partial charge in [-0.2, -0.15) is 16.9 Å². The molecular formula is C12H19N3S. The van der Waals surface area contributed by atoms with Crippen LogP contribution in [0.3, 0.4) is 0 Å². The highest BCUT2D eigenvalue weighted by Gasteiger charge is 2.24. The van der Waals surface area contributed by atoms with Crippen LogP contribution >= 0.6 is 11.8 Å². The highest BCUT2D eigenvalue weighted by molar-refractivity contribution is 7.99. The molecule has 0 aromatic carbocycles. The van der Waals surface area contributed by atoms with Crippen LogP contribution in [-0.4, -0.2) is 26.3 Å². The fraction of sp³-hybridized carbons (Fsp3) is 0.833. The number of aromatic nitrogens is 3. The monoisotopic (exact) mass is 237 g/mol. The summed E-state index contributed by atoms with van der Waals surface area (Å²) in [5.74, 6) is 6.34. The summed E-state index contributed by atoms with van der Waals surface area (Å²) in [6.45, 7) is 3.39. The maximum atomic E-state index is 4.77. The van der Waals surface area contributed by atoms with Gasteiger partial charge in [-0.3, -0.25) is 0 Å². The third-order valence-electron chi connectivity index (χ3n) is 3.72. The van der Waals surface area contributed by atoms with E-state index in [9.17, 15) is 0 Å². The van der Waals surface area contributed by atoms with Crippen molar-refractivity contribution >= 4 is 11.8 Å². The Morgan fingerprint density at radius 2 is 2.06 bits per heavy atom. The predicted octanol–water partition coefficient (Wildman–Crippen LogP) is 2.47. The standard InChI is InChI=1S/C12H19N3S/c1-9-2-5-15-11(8-9)13-12(14-15)10-3-6-16-7-4-10/h9-10H,2-8H2,1H3. The van der Waals surface area contributed by atoms with Crippen LogP contribution < -0.4 is 0 Å². The molecule has 88 valence electrons. The second kappa shape index (κ2) is 4.40. The Kier molecular flexibility index (Phi) is 2.92. The van der Waals surface area contributed by atoms with Crippen molar-refractivity contribution in [2.24, 2.45) is 5.92 Å². The minimum Gasteiger partial charge on any atom is -0.250 e. The van der Waals surface area contributed by atoms with E-state index in [0.717, 1.165) is 24.7 Å². The smallest absolute Gasteiger partial charge is 0.154 e. The molecule has 1 atom stereocenters. The molecule has 3 heterocycles. The van der Waals surface area contributed by atoms with Gasteiger partial charge in [0.2, 0.25) is 0 Å². The molecule has 1 aromatic rings. The first kappa shape index (κ1) is 10.6. The van der Waals surface area contributed by atoms with Gasteiger partial charge in [0.05, 0.1) is 0 Å². The molecule has 4 heteroatoms. The van der Waals surface area contributed by atoms with Crippen molar-refractivity contribution in [1.29, 1.82) is 0 Å². The van der Waals surface area contributed by atoms with Gasteiger partial charge < -0.3 is 0 Å². The summed E-state index contributed by atoms with van der Waals surface area (Å²) in [6.07, 6.45) is 4.91. The number of nitrogens with zero attached hydrogens (tertiary/aromatic N) is 3. The van der Waals surface area contributed by atoms with E-state index in [1.165, 1.54) is 36.6 Å². The summed E-state index contributed by atoms with van der Waals surface area (Å²) in [7, 11) is 0. The highest BCUT2D eigenvalue weighted by atomic mass is 32.2. The molecule has 2 aliphatic rings. The van der Waals surface area contributed by atoms with Crippen LogP contribution in [0, 0.1) is 5.92 Å². The Morgan fingerprint density at radius 1 is 1.25 bits per heavy atom. The second-order valence-electron chi connectivity index (χ2n) is 5.09. The average molecular weight is 237 g/mol. The van der Waals surface area contributed by atoms with E-state index in [4.69, 9.17) is 10.1 Å². The van der Waals surface area contributed by atoms with Gasteiger partial charge in [-0.1, -0.05) is 6.92 Å². The van der Waals surface area contributed by atoms with Gasteiger partial charge in [0, 0.05) is 18.9 Å². The molecule has 0 bridgehead atoms. The SMILES string of the molecule is CC1CCn2nc(C3CCSCC3)nc2C1. The van der Waals surface area contributed by atoms with Gasteiger partial charge >= 0.3 is 0 Å². The minimum absolute atomic E-state index is 0.634. The van der Waals surface area contributed by atoms with Crippen LogP contribution in [0.25, 0.3) is 0 Å². The zero-order valence-electron chi connectivity index (χ0n) is 9.85. The Morgan fingerprint density at radius 3 is 2.88 bits per heavy atom. The van der Waals surface area contributed by atoms with Crippen molar-refractivity contribution < 1.29 is 0 Å². The Bertz CT molecular complexity index is 368. The quantitative estimate of drug-likeness (QED) is 0.752. The third-order valence-corrected chi connectivity index (χ3v) is 4.76.